The number of nitrogens with zero attached hydrogens (tertiary/aromatic N) is 1. The lowest BCUT2D eigenvalue weighted by Gasteiger charge is -2.05. The maximum absolute atomic E-state index is 12.2. The van der Waals surface area contributed by atoms with E-state index in [0.29, 0.717) is 0 Å². The molecule has 2 nitrogen and oxygen atoms in total. The number of pyridine rings is 1. The van der Waals surface area contributed by atoms with E-state index in [2.05, 4.69) is 20.9 Å². The summed E-state index contributed by atoms with van der Waals surface area (Å²) in [5.41, 5.74) is -0.355. The molecule has 0 amide bonds. The van der Waals surface area contributed by atoms with Crippen LogP contribution in [0.3, 0.4) is 0 Å². The monoisotopic (exact) mass is 271 g/mol. The summed E-state index contributed by atoms with van der Waals surface area (Å²) in [6.45, 7) is 0. The summed E-state index contributed by atoms with van der Waals surface area (Å²) in [5.74, 6) is -0.301. The SMILES string of the molecule is Oc1c(Br)cc(C(F)F)nc1CCl. The van der Waals surface area contributed by atoms with Crippen LogP contribution < -0.4 is 0 Å². The summed E-state index contributed by atoms with van der Waals surface area (Å²) in [4.78, 5) is 3.49. The fourth-order valence-corrected chi connectivity index (χ4v) is 1.43. The maximum Gasteiger partial charge on any atom is 0.280 e. The number of rotatable bonds is 2. The molecule has 0 saturated heterocycles. The molecule has 1 rings (SSSR count). The Balaban J connectivity index is 3.22. The van der Waals surface area contributed by atoms with Crippen molar-refractivity contribution < 1.29 is 13.9 Å². The maximum atomic E-state index is 12.2. The molecule has 72 valence electrons. The van der Waals surface area contributed by atoms with Crippen molar-refractivity contribution in [2.24, 2.45) is 0 Å². The summed E-state index contributed by atoms with van der Waals surface area (Å²) in [7, 11) is 0. The van der Waals surface area contributed by atoms with Gasteiger partial charge in [-0.05, 0) is 22.0 Å². The summed E-state index contributed by atoms with van der Waals surface area (Å²) in [5, 5.41) is 9.27. The van der Waals surface area contributed by atoms with Gasteiger partial charge in [-0.15, -0.1) is 11.6 Å². The zero-order valence-corrected chi connectivity index (χ0v) is 8.61. The van der Waals surface area contributed by atoms with Gasteiger partial charge in [-0.25, -0.2) is 13.8 Å². The molecular weight excluding hydrogens is 267 g/mol. The number of halogens is 4. The Bertz CT molecular complexity index is 322. The number of hydrogen-bond acceptors (Lipinski definition) is 2. The first kappa shape index (κ1) is 10.7. The van der Waals surface area contributed by atoms with Gasteiger partial charge in [-0.2, -0.15) is 0 Å². The predicted molar refractivity (Wildman–Crippen MR) is 48.1 cm³/mol. The minimum Gasteiger partial charge on any atom is -0.505 e. The van der Waals surface area contributed by atoms with Crippen molar-refractivity contribution in [3.8, 4) is 5.75 Å². The third-order valence-corrected chi connectivity index (χ3v) is 2.25. The first-order valence-corrected chi connectivity index (χ1v) is 4.61. The number of hydrogen-bond donors (Lipinski definition) is 1. The average Bonchev–Trinajstić information content (AvgIpc) is 2.09. The Morgan fingerprint density at radius 1 is 1.62 bits per heavy atom. The normalized spacial score (nSPS) is 10.8. The quantitative estimate of drug-likeness (QED) is 0.839. The highest BCUT2D eigenvalue weighted by Gasteiger charge is 2.14. The molecule has 0 atom stereocenters. The Morgan fingerprint density at radius 2 is 2.23 bits per heavy atom. The lowest BCUT2D eigenvalue weighted by Crippen LogP contribution is -1.95. The molecular formula is C7H5BrClF2NO. The molecule has 0 bridgehead atoms. The molecule has 0 saturated carbocycles. The molecule has 1 N–H and O–H groups in total. The second-order valence-electron chi connectivity index (χ2n) is 2.26. The molecule has 0 aliphatic carbocycles. The van der Waals surface area contributed by atoms with E-state index in [1.165, 1.54) is 0 Å². The van der Waals surface area contributed by atoms with Crippen molar-refractivity contribution in [3.05, 3.63) is 21.9 Å². The van der Waals surface area contributed by atoms with E-state index in [0.717, 1.165) is 6.07 Å². The summed E-state index contributed by atoms with van der Waals surface area (Å²) in [6, 6.07) is 1.07. The van der Waals surface area contributed by atoms with Gasteiger partial charge in [-0.1, -0.05) is 0 Å². The molecule has 0 aliphatic rings. The van der Waals surface area contributed by atoms with Gasteiger partial charge in [0.05, 0.1) is 16.0 Å². The lowest BCUT2D eigenvalue weighted by molar-refractivity contribution is 0.145. The van der Waals surface area contributed by atoms with E-state index in [9.17, 15) is 13.9 Å². The minimum atomic E-state index is -2.67. The van der Waals surface area contributed by atoms with Crippen LogP contribution in [0.2, 0.25) is 0 Å². The highest BCUT2D eigenvalue weighted by Crippen LogP contribution is 2.31. The van der Waals surface area contributed by atoms with Crippen LogP contribution in [-0.2, 0) is 5.88 Å². The van der Waals surface area contributed by atoms with Gasteiger partial charge in [0.15, 0.2) is 5.75 Å². The summed E-state index contributed by atoms with van der Waals surface area (Å²) < 4.78 is 24.5. The molecule has 1 aromatic heterocycles. The molecule has 0 aliphatic heterocycles. The number of aromatic nitrogens is 1. The molecule has 13 heavy (non-hydrogen) atoms. The summed E-state index contributed by atoms with van der Waals surface area (Å²) >= 11 is 8.32. The largest absolute Gasteiger partial charge is 0.505 e. The molecule has 1 aromatic rings. The van der Waals surface area contributed by atoms with Crippen LogP contribution in [0.5, 0.6) is 5.75 Å². The van der Waals surface area contributed by atoms with Crippen LogP contribution in [-0.4, -0.2) is 10.1 Å². The van der Waals surface area contributed by atoms with Crippen LogP contribution >= 0.6 is 27.5 Å². The topological polar surface area (TPSA) is 33.1 Å². The Morgan fingerprint density at radius 3 is 2.69 bits per heavy atom. The van der Waals surface area contributed by atoms with Crippen LogP contribution in [0.15, 0.2) is 10.5 Å². The molecule has 0 fully saturated rings. The standard InChI is InChI=1S/C7H5BrClF2NO/c8-3-1-4(7(10)11)12-5(2-9)6(3)13/h1,7,13H,2H2. The zero-order valence-electron chi connectivity index (χ0n) is 6.27. The average molecular weight is 272 g/mol. The zero-order chi connectivity index (χ0) is 10.0. The van der Waals surface area contributed by atoms with Gasteiger partial charge in [0, 0.05) is 0 Å². The van der Waals surface area contributed by atoms with E-state index < -0.39 is 12.1 Å². The van der Waals surface area contributed by atoms with E-state index >= 15 is 0 Å². The Labute approximate surface area is 86.7 Å². The highest BCUT2D eigenvalue weighted by molar-refractivity contribution is 9.10. The first-order valence-electron chi connectivity index (χ1n) is 3.28. The van der Waals surface area contributed by atoms with E-state index in [1.807, 2.05) is 0 Å². The van der Waals surface area contributed by atoms with Gasteiger partial charge in [-0.3, -0.25) is 0 Å². The van der Waals surface area contributed by atoms with E-state index in [4.69, 9.17) is 11.6 Å². The smallest absolute Gasteiger partial charge is 0.280 e. The van der Waals surface area contributed by atoms with Crippen molar-refractivity contribution >= 4 is 27.5 Å². The fourth-order valence-electron chi connectivity index (χ4n) is 0.782. The Hall–Kier alpha value is -0.420. The van der Waals surface area contributed by atoms with Crippen LogP contribution in [0.4, 0.5) is 8.78 Å². The Kier molecular flexibility index (Phi) is 3.44. The van der Waals surface area contributed by atoms with Crippen molar-refractivity contribution in [2.75, 3.05) is 0 Å². The van der Waals surface area contributed by atoms with E-state index in [-0.39, 0.29) is 21.8 Å². The van der Waals surface area contributed by atoms with Crippen molar-refractivity contribution in [3.63, 3.8) is 0 Å². The highest BCUT2D eigenvalue weighted by atomic mass is 79.9. The lowest BCUT2D eigenvalue weighted by atomic mass is 10.3. The fraction of sp³-hybridized carbons (Fsp3) is 0.286. The van der Waals surface area contributed by atoms with Crippen LogP contribution in [0.25, 0.3) is 0 Å². The number of aromatic hydroxyl groups is 1. The first-order chi connectivity index (χ1) is 6.06. The van der Waals surface area contributed by atoms with Crippen molar-refractivity contribution in [1.82, 2.24) is 4.98 Å². The van der Waals surface area contributed by atoms with Gasteiger partial charge >= 0.3 is 0 Å². The van der Waals surface area contributed by atoms with Gasteiger partial charge in [0.25, 0.3) is 6.43 Å². The molecule has 0 aromatic carbocycles. The van der Waals surface area contributed by atoms with E-state index in [1.54, 1.807) is 0 Å². The minimum absolute atomic E-state index is 0.0475. The molecule has 6 heteroatoms. The van der Waals surface area contributed by atoms with Crippen molar-refractivity contribution in [1.29, 1.82) is 0 Å². The molecule has 0 spiro atoms. The van der Waals surface area contributed by atoms with Crippen molar-refractivity contribution in [2.45, 2.75) is 12.3 Å². The second kappa shape index (κ2) is 4.19. The van der Waals surface area contributed by atoms with Crippen LogP contribution in [0, 0.1) is 0 Å². The van der Waals surface area contributed by atoms with Gasteiger partial charge in [0.2, 0.25) is 0 Å². The second-order valence-corrected chi connectivity index (χ2v) is 3.38. The predicted octanol–water partition coefficient (Wildman–Crippen LogP) is 3.23. The molecule has 0 unspecified atom stereocenters. The number of alkyl halides is 3. The summed E-state index contributed by atoms with van der Waals surface area (Å²) in [6.07, 6.45) is -2.67. The molecule has 1 heterocycles. The van der Waals surface area contributed by atoms with Gasteiger partial charge in [0.1, 0.15) is 5.69 Å². The van der Waals surface area contributed by atoms with Gasteiger partial charge < -0.3 is 5.11 Å². The van der Waals surface area contributed by atoms with Crippen LogP contribution in [0.1, 0.15) is 17.8 Å². The third kappa shape index (κ3) is 2.28. The third-order valence-electron chi connectivity index (χ3n) is 1.39. The molecule has 0 radical (unpaired) electrons.